The molecule has 3 heterocycles. The molecule has 4 heteroatoms. The summed E-state index contributed by atoms with van der Waals surface area (Å²) in [5, 5.41) is 2.06. The minimum absolute atomic E-state index is 0.225. The number of rotatable bonds is 2. The Hall–Kier alpha value is -3.53. The average molecular weight is 383 g/mol. The molecule has 0 spiro atoms. The van der Waals surface area contributed by atoms with Gasteiger partial charge in [-0.2, -0.15) is 0 Å². The van der Waals surface area contributed by atoms with Crippen molar-refractivity contribution in [2.45, 2.75) is 13.8 Å². The Morgan fingerprint density at radius 3 is 2.48 bits per heavy atom. The zero-order chi connectivity index (χ0) is 20.1. The van der Waals surface area contributed by atoms with Crippen LogP contribution in [0.4, 0.5) is 4.39 Å². The smallest absolute Gasteiger partial charge is 0.227 e. The predicted molar refractivity (Wildman–Crippen MR) is 113 cm³/mol. The summed E-state index contributed by atoms with van der Waals surface area (Å²) >= 11 is 0. The van der Waals surface area contributed by atoms with Crippen LogP contribution in [0.25, 0.3) is 44.5 Å². The van der Waals surface area contributed by atoms with Crippen LogP contribution in [0.5, 0.6) is 0 Å². The van der Waals surface area contributed by atoms with Crippen LogP contribution >= 0.6 is 0 Å². The Labute approximate surface area is 168 Å². The number of halogens is 1. The lowest BCUT2D eigenvalue weighted by Crippen LogP contribution is -2.31. The minimum Gasteiger partial charge on any atom is -0.437 e. The molecule has 0 aliphatic carbocycles. The molecule has 0 bridgehead atoms. The van der Waals surface area contributed by atoms with Crippen LogP contribution in [-0.2, 0) is 7.05 Å². The van der Waals surface area contributed by atoms with Gasteiger partial charge in [-0.05, 0) is 43.7 Å². The van der Waals surface area contributed by atoms with E-state index in [1.54, 1.807) is 12.1 Å². The lowest BCUT2D eigenvalue weighted by Gasteiger charge is -2.07. The molecule has 142 valence electrons. The molecule has 0 amide bonds. The van der Waals surface area contributed by atoms with Crippen molar-refractivity contribution in [3.05, 3.63) is 83.9 Å². The molecule has 0 aliphatic rings. The SMILES string of the molecule is Cc1ccc2c(n1)oc1c(-c3ccc(-c4ccccc4F)c[n+]3C)c(C)ccc12. The third-order valence-electron chi connectivity index (χ3n) is 5.43. The standard InChI is InChI=1S/C25H20FN2O/c1-15-8-11-19-20-12-9-16(2)27-25(20)29-24(19)23(15)22-13-10-17(14-28(22)3)18-6-4-5-7-21(18)26/h4-14H,1-3H3/q+1. The van der Waals surface area contributed by atoms with E-state index in [1.165, 1.54) is 6.07 Å². The van der Waals surface area contributed by atoms with E-state index in [2.05, 4.69) is 30.1 Å². The third-order valence-corrected chi connectivity index (χ3v) is 5.43. The molecular formula is C25H20FN2O+. The first-order valence-electron chi connectivity index (χ1n) is 9.57. The van der Waals surface area contributed by atoms with Crippen molar-refractivity contribution in [2.75, 3.05) is 0 Å². The van der Waals surface area contributed by atoms with Crippen molar-refractivity contribution < 1.29 is 13.4 Å². The van der Waals surface area contributed by atoms with E-state index in [4.69, 9.17) is 4.42 Å². The molecular weight excluding hydrogens is 363 g/mol. The summed E-state index contributed by atoms with van der Waals surface area (Å²) in [5.74, 6) is -0.225. The first-order chi connectivity index (χ1) is 14.0. The average Bonchev–Trinajstić information content (AvgIpc) is 3.06. The van der Waals surface area contributed by atoms with Crippen LogP contribution in [0.15, 0.2) is 71.3 Å². The minimum atomic E-state index is -0.225. The number of benzene rings is 2. The maximum absolute atomic E-state index is 14.2. The van der Waals surface area contributed by atoms with Crippen LogP contribution in [-0.4, -0.2) is 4.98 Å². The summed E-state index contributed by atoms with van der Waals surface area (Å²) in [7, 11) is 1.98. The van der Waals surface area contributed by atoms with Gasteiger partial charge >= 0.3 is 0 Å². The highest BCUT2D eigenvalue weighted by atomic mass is 19.1. The molecule has 0 atom stereocenters. The van der Waals surface area contributed by atoms with Crippen molar-refractivity contribution in [1.29, 1.82) is 0 Å². The monoisotopic (exact) mass is 383 g/mol. The summed E-state index contributed by atoms with van der Waals surface area (Å²) in [6.45, 7) is 4.03. The molecule has 3 nitrogen and oxygen atoms in total. The number of hydrogen-bond acceptors (Lipinski definition) is 2. The van der Waals surface area contributed by atoms with E-state index in [0.717, 1.165) is 44.4 Å². The Bertz CT molecular complexity index is 1400. The van der Waals surface area contributed by atoms with Crippen molar-refractivity contribution in [2.24, 2.45) is 7.05 Å². The number of furan rings is 1. The lowest BCUT2D eigenvalue weighted by molar-refractivity contribution is -0.659. The zero-order valence-corrected chi connectivity index (χ0v) is 16.5. The first-order valence-corrected chi connectivity index (χ1v) is 9.57. The fraction of sp³-hybridized carbons (Fsp3) is 0.120. The van der Waals surface area contributed by atoms with Gasteiger partial charge in [-0.1, -0.05) is 30.3 Å². The van der Waals surface area contributed by atoms with Gasteiger partial charge in [0.1, 0.15) is 12.9 Å². The third kappa shape index (κ3) is 2.80. The Morgan fingerprint density at radius 2 is 1.69 bits per heavy atom. The van der Waals surface area contributed by atoms with Crippen LogP contribution in [0.3, 0.4) is 0 Å². The van der Waals surface area contributed by atoms with Gasteiger partial charge in [0.15, 0.2) is 11.8 Å². The fourth-order valence-corrected chi connectivity index (χ4v) is 3.95. The number of aryl methyl sites for hydroxylation is 3. The number of aromatic nitrogens is 2. The molecule has 5 rings (SSSR count). The molecule has 0 unspecified atom stereocenters. The second kappa shape index (κ2) is 6.52. The fourth-order valence-electron chi connectivity index (χ4n) is 3.95. The van der Waals surface area contributed by atoms with Gasteiger partial charge in [0.05, 0.1) is 5.56 Å². The predicted octanol–water partition coefficient (Wildman–Crippen LogP) is 5.90. The largest absolute Gasteiger partial charge is 0.437 e. The molecule has 0 saturated heterocycles. The van der Waals surface area contributed by atoms with E-state index in [9.17, 15) is 4.39 Å². The molecule has 0 saturated carbocycles. The normalized spacial score (nSPS) is 11.4. The van der Waals surface area contributed by atoms with Gasteiger partial charge in [-0.25, -0.2) is 13.9 Å². The lowest BCUT2D eigenvalue weighted by atomic mass is 9.99. The van der Waals surface area contributed by atoms with E-state index in [1.807, 2.05) is 49.0 Å². The summed E-state index contributed by atoms with van der Waals surface area (Å²) in [5.41, 5.74) is 6.97. The van der Waals surface area contributed by atoms with E-state index < -0.39 is 0 Å². The molecule has 3 aromatic heterocycles. The van der Waals surface area contributed by atoms with E-state index >= 15 is 0 Å². The van der Waals surface area contributed by atoms with Gasteiger partial charge in [0, 0.05) is 33.7 Å². The molecule has 0 fully saturated rings. The van der Waals surface area contributed by atoms with E-state index in [-0.39, 0.29) is 5.82 Å². The molecule has 0 aliphatic heterocycles. The van der Waals surface area contributed by atoms with Gasteiger partial charge < -0.3 is 4.42 Å². The van der Waals surface area contributed by atoms with Gasteiger partial charge in [-0.15, -0.1) is 0 Å². The highest BCUT2D eigenvalue weighted by Crippen LogP contribution is 2.36. The van der Waals surface area contributed by atoms with Gasteiger partial charge in [0.2, 0.25) is 11.4 Å². The summed E-state index contributed by atoms with van der Waals surface area (Å²) in [6.07, 6.45) is 1.96. The summed E-state index contributed by atoms with van der Waals surface area (Å²) < 4.78 is 22.4. The Balaban J connectivity index is 1.74. The second-order valence-corrected chi connectivity index (χ2v) is 7.44. The molecule has 0 radical (unpaired) electrons. The number of nitrogens with zero attached hydrogens (tertiary/aromatic N) is 2. The topological polar surface area (TPSA) is 29.9 Å². The molecule has 5 aromatic rings. The van der Waals surface area contributed by atoms with Crippen LogP contribution in [0.2, 0.25) is 0 Å². The van der Waals surface area contributed by atoms with Crippen molar-refractivity contribution >= 4 is 22.1 Å². The number of hydrogen-bond donors (Lipinski definition) is 0. The Kier molecular flexibility index (Phi) is 3.95. The highest BCUT2D eigenvalue weighted by molar-refractivity contribution is 6.08. The van der Waals surface area contributed by atoms with Crippen LogP contribution in [0, 0.1) is 19.7 Å². The zero-order valence-electron chi connectivity index (χ0n) is 16.5. The maximum atomic E-state index is 14.2. The first kappa shape index (κ1) is 17.6. The second-order valence-electron chi connectivity index (χ2n) is 7.44. The van der Waals surface area contributed by atoms with Crippen LogP contribution < -0.4 is 4.57 Å². The number of fused-ring (bicyclic) bond motifs is 3. The maximum Gasteiger partial charge on any atom is 0.227 e. The van der Waals surface area contributed by atoms with Crippen molar-refractivity contribution in [3.63, 3.8) is 0 Å². The molecule has 2 aromatic carbocycles. The van der Waals surface area contributed by atoms with Gasteiger partial charge in [0.25, 0.3) is 0 Å². The summed E-state index contributed by atoms with van der Waals surface area (Å²) in [4.78, 5) is 4.55. The van der Waals surface area contributed by atoms with Crippen molar-refractivity contribution in [1.82, 2.24) is 4.98 Å². The highest BCUT2D eigenvalue weighted by Gasteiger charge is 2.21. The Morgan fingerprint density at radius 1 is 0.897 bits per heavy atom. The van der Waals surface area contributed by atoms with Gasteiger partial charge in [-0.3, -0.25) is 0 Å². The van der Waals surface area contributed by atoms with Crippen LogP contribution in [0.1, 0.15) is 11.3 Å². The molecule has 0 N–H and O–H groups in total. The molecule has 29 heavy (non-hydrogen) atoms. The number of pyridine rings is 2. The quantitative estimate of drug-likeness (QED) is 0.356. The summed E-state index contributed by atoms with van der Waals surface area (Å²) in [6, 6.07) is 19.1. The van der Waals surface area contributed by atoms with E-state index in [0.29, 0.717) is 11.3 Å². The van der Waals surface area contributed by atoms with Crippen molar-refractivity contribution in [3.8, 4) is 22.4 Å².